The highest BCUT2D eigenvalue weighted by Gasteiger charge is 2.40. The summed E-state index contributed by atoms with van der Waals surface area (Å²) in [6.45, 7) is 1.68. The average Bonchev–Trinajstić information content (AvgIpc) is 3.08. The Morgan fingerprint density at radius 2 is 2.00 bits per heavy atom. The monoisotopic (exact) mass is 273 g/mol. The molecule has 3 heteroatoms. The van der Waals surface area contributed by atoms with E-state index in [9.17, 15) is 0 Å². The van der Waals surface area contributed by atoms with Crippen molar-refractivity contribution in [2.45, 2.75) is 56.2 Å². The van der Waals surface area contributed by atoms with E-state index in [1.165, 1.54) is 37.7 Å². The van der Waals surface area contributed by atoms with Crippen molar-refractivity contribution in [3.63, 3.8) is 0 Å². The molecule has 0 amide bonds. The molecule has 4 rings (SSSR count). The Morgan fingerprint density at radius 3 is 2.90 bits per heavy atom. The van der Waals surface area contributed by atoms with E-state index in [-0.39, 0.29) is 5.60 Å². The smallest absolute Gasteiger partial charge is 0.124 e. The summed E-state index contributed by atoms with van der Waals surface area (Å²) in [6.07, 6.45) is 7.47. The molecule has 2 fully saturated rings. The molecule has 0 radical (unpaired) electrons. The van der Waals surface area contributed by atoms with Gasteiger partial charge in [-0.3, -0.25) is 0 Å². The molecule has 108 valence electrons. The van der Waals surface area contributed by atoms with Crippen molar-refractivity contribution in [3.8, 4) is 5.75 Å². The van der Waals surface area contributed by atoms with Crippen LogP contribution in [0.3, 0.4) is 0 Å². The van der Waals surface area contributed by atoms with Crippen LogP contribution in [0.4, 0.5) is 0 Å². The van der Waals surface area contributed by atoms with Crippen LogP contribution < -0.4 is 10.1 Å². The van der Waals surface area contributed by atoms with E-state index in [0.717, 1.165) is 25.4 Å². The summed E-state index contributed by atoms with van der Waals surface area (Å²) in [4.78, 5) is 0. The number of benzene rings is 1. The van der Waals surface area contributed by atoms with E-state index in [2.05, 4.69) is 23.5 Å². The third-order valence-corrected chi connectivity index (χ3v) is 5.14. The highest BCUT2D eigenvalue weighted by Crippen LogP contribution is 2.41. The minimum absolute atomic E-state index is 0.189. The summed E-state index contributed by atoms with van der Waals surface area (Å²) in [7, 11) is 0. The van der Waals surface area contributed by atoms with Crippen molar-refractivity contribution in [2.24, 2.45) is 0 Å². The van der Waals surface area contributed by atoms with Gasteiger partial charge in [0.15, 0.2) is 0 Å². The molecule has 1 spiro atoms. The zero-order valence-electron chi connectivity index (χ0n) is 11.9. The third-order valence-electron chi connectivity index (χ3n) is 5.14. The van der Waals surface area contributed by atoms with Gasteiger partial charge in [0.25, 0.3) is 0 Å². The van der Waals surface area contributed by atoms with Gasteiger partial charge in [0.1, 0.15) is 12.4 Å². The fraction of sp³-hybridized carbons (Fsp3) is 0.647. The molecule has 2 heterocycles. The van der Waals surface area contributed by atoms with Crippen molar-refractivity contribution in [2.75, 3.05) is 13.2 Å². The Hall–Kier alpha value is -1.06. The van der Waals surface area contributed by atoms with Gasteiger partial charge in [-0.25, -0.2) is 0 Å². The summed E-state index contributed by atoms with van der Waals surface area (Å²) in [5.74, 6) is 1.05. The third kappa shape index (κ3) is 2.23. The minimum atomic E-state index is 0.189. The lowest BCUT2D eigenvalue weighted by atomic mass is 9.88. The topological polar surface area (TPSA) is 30.5 Å². The maximum Gasteiger partial charge on any atom is 0.124 e. The van der Waals surface area contributed by atoms with Gasteiger partial charge in [-0.05, 0) is 31.7 Å². The standard InChI is InChI=1S/C17H23NO2/c1-2-6-16-14(5-1)15(12-19-16)18-13-7-10-20-17(11-13)8-3-4-9-17/h1-2,5-6,13,15,18H,3-4,7-12H2. The number of nitrogens with one attached hydrogen (secondary N) is 1. The SMILES string of the molecule is c1ccc2c(c1)OCC2NC1CCOC2(CCCC2)C1. The number of rotatable bonds is 2. The van der Waals surface area contributed by atoms with E-state index in [0.29, 0.717) is 12.1 Å². The second-order valence-electron chi connectivity index (χ2n) is 6.50. The first kappa shape index (κ1) is 12.7. The van der Waals surface area contributed by atoms with Gasteiger partial charge >= 0.3 is 0 Å². The molecule has 1 aromatic carbocycles. The van der Waals surface area contributed by atoms with Crippen molar-refractivity contribution < 1.29 is 9.47 Å². The van der Waals surface area contributed by atoms with Crippen molar-refractivity contribution in [3.05, 3.63) is 29.8 Å². The summed E-state index contributed by atoms with van der Waals surface area (Å²) < 4.78 is 11.9. The first-order valence-electron chi connectivity index (χ1n) is 7.96. The number of hydrogen-bond donors (Lipinski definition) is 1. The predicted molar refractivity (Wildman–Crippen MR) is 78.0 cm³/mol. The fourth-order valence-electron chi connectivity index (χ4n) is 4.12. The maximum atomic E-state index is 6.12. The van der Waals surface area contributed by atoms with Gasteiger partial charge in [0, 0.05) is 18.2 Å². The molecule has 3 aliphatic rings. The van der Waals surface area contributed by atoms with Gasteiger partial charge in [0.05, 0.1) is 11.6 Å². The van der Waals surface area contributed by atoms with E-state index in [1.807, 2.05) is 6.07 Å². The Balaban J connectivity index is 1.45. The molecular formula is C17H23NO2. The lowest BCUT2D eigenvalue weighted by Crippen LogP contribution is -2.46. The maximum absolute atomic E-state index is 6.12. The van der Waals surface area contributed by atoms with Gasteiger partial charge in [0.2, 0.25) is 0 Å². The van der Waals surface area contributed by atoms with Crippen LogP contribution in [0.1, 0.15) is 50.1 Å². The van der Waals surface area contributed by atoms with Crippen LogP contribution in [0.25, 0.3) is 0 Å². The Kier molecular flexibility index (Phi) is 3.20. The van der Waals surface area contributed by atoms with Gasteiger partial charge in [-0.1, -0.05) is 31.0 Å². The number of hydrogen-bond acceptors (Lipinski definition) is 3. The largest absolute Gasteiger partial charge is 0.491 e. The molecule has 2 aliphatic heterocycles. The van der Waals surface area contributed by atoms with Crippen LogP contribution in [-0.4, -0.2) is 24.9 Å². The Bertz CT molecular complexity index is 482. The van der Waals surface area contributed by atoms with Crippen LogP contribution in [-0.2, 0) is 4.74 Å². The molecule has 1 aliphatic carbocycles. The van der Waals surface area contributed by atoms with Gasteiger partial charge in [-0.2, -0.15) is 0 Å². The first-order valence-corrected chi connectivity index (χ1v) is 7.96. The number of ether oxygens (including phenoxy) is 2. The molecule has 1 N–H and O–H groups in total. The molecular weight excluding hydrogens is 250 g/mol. The summed E-state index contributed by atoms with van der Waals surface area (Å²) in [5.41, 5.74) is 1.51. The van der Waals surface area contributed by atoms with Gasteiger partial charge in [-0.15, -0.1) is 0 Å². The van der Waals surface area contributed by atoms with Crippen LogP contribution in [0.5, 0.6) is 5.75 Å². The summed E-state index contributed by atoms with van der Waals surface area (Å²) in [6, 6.07) is 9.33. The molecule has 3 nitrogen and oxygen atoms in total. The fourth-order valence-corrected chi connectivity index (χ4v) is 4.12. The van der Waals surface area contributed by atoms with Crippen LogP contribution in [0, 0.1) is 0 Å². The summed E-state index contributed by atoms with van der Waals surface area (Å²) in [5, 5.41) is 3.82. The lowest BCUT2D eigenvalue weighted by Gasteiger charge is -2.39. The number of fused-ring (bicyclic) bond motifs is 1. The predicted octanol–water partition coefficient (Wildman–Crippen LogP) is 3.20. The lowest BCUT2D eigenvalue weighted by molar-refractivity contribution is -0.0849. The molecule has 2 unspecified atom stereocenters. The van der Waals surface area contributed by atoms with E-state index < -0.39 is 0 Å². The highest BCUT2D eigenvalue weighted by molar-refractivity contribution is 5.39. The Labute approximate surface area is 120 Å². The van der Waals surface area contributed by atoms with Crippen LogP contribution in [0.15, 0.2) is 24.3 Å². The highest BCUT2D eigenvalue weighted by atomic mass is 16.5. The average molecular weight is 273 g/mol. The minimum Gasteiger partial charge on any atom is -0.491 e. The molecule has 1 saturated heterocycles. The molecule has 0 aromatic heterocycles. The second-order valence-corrected chi connectivity index (χ2v) is 6.50. The van der Waals surface area contributed by atoms with E-state index >= 15 is 0 Å². The first-order chi connectivity index (χ1) is 9.85. The quantitative estimate of drug-likeness (QED) is 0.897. The van der Waals surface area contributed by atoms with Crippen molar-refractivity contribution in [1.82, 2.24) is 5.32 Å². The van der Waals surface area contributed by atoms with Gasteiger partial charge < -0.3 is 14.8 Å². The second kappa shape index (κ2) is 5.05. The Morgan fingerprint density at radius 1 is 1.15 bits per heavy atom. The molecule has 0 bridgehead atoms. The van der Waals surface area contributed by atoms with Crippen LogP contribution in [0.2, 0.25) is 0 Å². The van der Waals surface area contributed by atoms with E-state index in [1.54, 1.807) is 0 Å². The summed E-state index contributed by atoms with van der Waals surface area (Å²) >= 11 is 0. The molecule has 1 saturated carbocycles. The zero-order chi connectivity index (χ0) is 13.4. The zero-order valence-corrected chi connectivity index (χ0v) is 11.9. The number of para-hydroxylation sites is 1. The molecule has 2 atom stereocenters. The molecule has 20 heavy (non-hydrogen) atoms. The van der Waals surface area contributed by atoms with Crippen molar-refractivity contribution >= 4 is 0 Å². The van der Waals surface area contributed by atoms with Crippen molar-refractivity contribution in [1.29, 1.82) is 0 Å². The molecule has 1 aromatic rings. The van der Waals surface area contributed by atoms with E-state index in [4.69, 9.17) is 9.47 Å². The normalized spacial score (nSPS) is 31.2. The van der Waals surface area contributed by atoms with Crippen LogP contribution >= 0.6 is 0 Å².